The Balaban J connectivity index is 1.72. The molecule has 6 heteroatoms. The summed E-state index contributed by atoms with van der Waals surface area (Å²) < 4.78 is 26.4. The monoisotopic (exact) mass is 366 g/mol. The van der Waals surface area contributed by atoms with Gasteiger partial charge in [-0.05, 0) is 60.9 Å². The van der Waals surface area contributed by atoms with E-state index in [4.69, 9.17) is 5.26 Å². The SMILES string of the molecule is N#Cc1ccc(C=CC(=O)c2ccc(S(=O)(=O)N3CCCC3)cc2)cc1. The molecule has 5 nitrogen and oxygen atoms in total. The van der Waals surface area contributed by atoms with E-state index in [1.54, 1.807) is 30.3 Å². The molecule has 26 heavy (non-hydrogen) atoms. The first kappa shape index (κ1) is 18.1. The molecule has 0 aromatic heterocycles. The van der Waals surface area contributed by atoms with E-state index in [1.165, 1.54) is 34.6 Å². The molecule has 0 radical (unpaired) electrons. The van der Waals surface area contributed by atoms with Crippen molar-refractivity contribution in [1.82, 2.24) is 4.31 Å². The third-order valence-corrected chi connectivity index (χ3v) is 6.22. The minimum Gasteiger partial charge on any atom is -0.289 e. The molecule has 1 aliphatic heterocycles. The van der Waals surface area contributed by atoms with Gasteiger partial charge < -0.3 is 0 Å². The summed E-state index contributed by atoms with van der Waals surface area (Å²) in [5, 5.41) is 8.78. The number of carbonyl (C=O) groups is 1. The van der Waals surface area contributed by atoms with Gasteiger partial charge in [-0.1, -0.05) is 18.2 Å². The predicted octanol–water partition coefficient (Wildman–Crippen LogP) is 3.24. The van der Waals surface area contributed by atoms with Gasteiger partial charge in [0.05, 0.1) is 16.5 Å². The lowest BCUT2D eigenvalue weighted by molar-refractivity contribution is 0.104. The van der Waals surface area contributed by atoms with Crippen molar-refractivity contribution in [2.45, 2.75) is 17.7 Å². The highest BCUT2D eigenvalue weighted by Crippen LogP contribution is 2.21. The van der Waals surface area contributed by atoms with Gasteiger partial charge in [0.1, 0.15) is 0 Å². The lowest BCUT2D eigenvalue weighted by atomic mass is 10.1. The first-order chi connectivity index (χ1) is 12.5. The molecule has 0 aliphatic carbocycles. The lowest BCUT2D eigenvalue weighted by Crippen LogP contribution is -2.27. The summed E-state index contributed by atoms with van der Waals surface area (Å²) in [4.78, 5) is 12.5. The van der Waals surface area contributed by atoms with E-state index in [9.17, 15) is 13.2 Å². The lowest BCUT2D eigenvalue weighted by Gasteiger charge is -2.15. The van der Waals surface area contributed by atoms with Gasteiger partial charge >= 0.3 is 0 Å². The number of hydrogen-bond donors (Lipinski definition) is 0. The maximum Gasteiger partial charge on any atom is 0.243 e. The van der Waals surface area contributed by atoms with Crippen LogP contribution >= 0.6 is 0 Å². The van der Waals surface area contributed by atoms with E-state index in [0.29, 0.717) is 24.2 Å². The van der Waals surface area contributed by atoms with Crippen molar-refractivity contribution < 1.29 is 13.2 Å². The fraction of sp³-hybridized carbons (Fsp3) is 0.200. The molecule has 0 N–H and O–H groups in total. The van der Waals surface area contributed by atoms with Crippen LogP contribution in [0.4, 0.5) is 0 Å². The smallest absolute Gasteiger partial charge is 0.243 e. The zero-order valence-electron chi connectivity index (χ0n) is 14.1. The predicted molar refractivity (Wildman–Crippen MR) is 99.0 cm³/mol. The van der Waals surface area contributed by atoms with Crippen LogP contribution in [0.1, 0.15) is 34.3 Å². The highest BCUT2D eigenvalue weighted by atomic mass is 32.2. The maximum atomic E-state index is 12.5. The second-order valence-electron chi connectivity index (χ2n) is 6.07. The summed E-state index contributed by atoms with van der Waals surface area (Å²) in [6, 6.07) is 15.0. The first-order valence-corrected chi connectivity index (χ1v) is 9.77. The van der Waals surface area contributed by atoms with E-state index in [-0.39, 0.29) is 10.7 Å². The van der Waals surface area contributed by atoms with E-state index in [2.05, 4.69) is 0 Å². The second-order valence-corrected chi connectivity index (χ2v) is 8.00. The molecule has 0 atom stereocenters. The number of rotatable bonds is 5. The fourth-order valence-electron chi connectivity index (χ4n) is 2.81. The fourth-order valence-corrected chi connectivity index (χ4v) is 4.32. The Morgan fingerprint density at radius 1 is 1.00 bits per heavy atom. The van der Waals surface area contributed by atoms with Crippen LogP contribution in [0.25, 0.3) is 6.08 Å². The summed E-state index contributed by atoms with van der Waals surface area (Å²) in [5.74, 6) is -0.209. The molecule has 1 fully saturated rings. The summed E-state index contributed by atoms with van der Waals surface area (Å²) in [5.41, 5.74) is 1.80. The van der Waals surface area contributed by atoms with Crippen molar-refractivity contribution in [3.05, 3.63) is 71.3 Å². The molecule has 2 aromatic carbocycles. The third-order valence-electron chi connectivity index (χ3n) is 4.31. The summed E-state index contributed by atoms with van der Waals surface area (Å²) >= 11 is 0. The number of sulfonamides is 1. The Kier molecular flexibility index (Phi) is 5.31. The second kappa shape index (κ2) is 7.65. The van der Waals surface area contributed by atoms with E-state index in [0.717, 1.165) is 18.4 Å². The van der Waals surface area contributed by atoms with Gasteiger partial charge in [0, 0.05) is 18.7 Å². The van der Waals surface area contributed by atoms with Crippen molar-refractivity contribution in [2.24, 2.45) is 0 Å². The van der Waals surface area contributed by atoms with Crippen molar-refractivity contribution >= 4 is 21.9 Å². The van der Waals surface area contributed by atoms with Crippen molar-refractivity contribution in [3.8, 4) is 6.07 Å². The Hall–Kier alpha value is -2.75. The molecule has 132 valence electrons. The van der Waals surface area contributed by atoms with Crippen LogP contribution in [0.3, 0.4) is 0 Å². The zero-order valence-corrected chi connectivity index (χ0v) is 14.9. The minimum absolute atomic E-state index is 0.209. The summed E-state index contributed by atoms with van der Waals surface area (Å²) in [6.45, 7) is 1.10. The van der Waals surface area contributed by atoms with Crippen LogP contribution in [0.2, 0.25) is 0 Å². The Morgan fingerprint density at radius 2 is 1.62 bits per heavy atom. The number of allylic oxidation sites excluding steroid dienone is 1. The number of hydrogen-bond acceptors (Lipinski definition) is 4. The highest BCUT2D eigenvalue weighted by molar-refractivity contribution is 7.89. The topological polar surface area (TPSA) is 78.2 Å². The van der Waals surface area contributed by atoms with Crippen molar-refractivity contribution in [1.29, 1.82) is 5.26 Å². The van der Waals surface area contributed by atoms with Gasteiger partial charge in [-0.15, -0.1) is 0 Å². The zero-order chi connectivity index (χ0) is 18.6. The molecule has 1 aliphatic rings. The maximum absolute atomic E-state index is 12.5. The average Bonchev–Trinajstić information content (AvgIpc) is 3.22. The largest absolute Gasteiger partial charge is 0.289 e. The van der Waals surface area contributed by atoms with E-state index >= 15 is 0 Å². The third kappa shape index (κ3) is 3.90. The van der Waals surface area contributed by atoms with Crippen LogP contribution in [-0.4, -0.2) is 31.6 Å². The quantitative estimate of drug-likeness (QED) is 0.601. The Bertz CT molecular complexity index is 963. The van der Waals surface area contributed by atoms with Gasteiger partial charge in [-0.25, -0.2) is 8.42 Å². The summed E-state index contributed by atoms with van der Waals surface area (Å²) in [6.07, 6.45) is 4.87. The molecule has 0 unspecified atom stereocenters. The number of nitriles is 1. The van der Waals surface area contributed by atoms with Gasteiger partial charge in [-0.3, -0.25) is 4.79 Å². The Morgan fingerprint density at radius 3 is 2.19 bits per heavy atom. The molecule has 0 saturated carbocycles. The van der Waals surface area contributed by atoms with Crippen molar-refractivity contribution in [3.63, 3.8) is 0 Å². The molecule has 2 aromatic rings. The van der Waals surface area contributed by atoms with Crippen molar-refractivity contribution in [2.75, 3.05) is 13.1 Å². The van der Waals surface area contributed by atoms with Crippen LogP contribution in [0.15, 0.2) is 59.5 Å². The number of nitrogens with zero attached hydrogens (tertiary/aromatic N) is 2. The molecule has 0 bridgehead atoms. The molecule has 3 rings (SSSR count). The van der Waals surface area contributed by atoms with Crippen LogP contribution in [-0.2, 0) is 10.0 Å². The van der Waals surface area contributed by atoms with Gasteiger partial charge in [0.2, 0.25) is 10.0 Å². The van der Waals surface area contributed by atoms with Gasteiger partial charge in [0.15, 0.2) is 5.78 Å². The average molecular weight is 366 g/mol. The molecule has 1 saturated heterocycles. The normalized spacial score (nSPS) is 15.2. The number of ketones is 1. The number of benzene rings is 2. The van der Waals surface area contributed by atoms with Crippen LogP contribution in [0, 0.1) is 11.3 Å². The Labute approximate surface area is 153 Å². The summed E-state index contributed by atoms with van der Waals surface area (Å²) in [7, 11) is -3.47. The molecular formula is C20H18N2O3S. The van der Waals surface area contributed by atoms with Gasteiger partial charge in [0.25, 0.3) is 0 Å². The standard InChI is InChI=1S/C20H18N2O3S/c21-15-17-5-3-16(4-6-17)7-12-20(23)18-8-10-19(11-9-18)26(24,25)22-13-1-2-14-22/h3-12H,1-2,13-14H2. The molecule has 0 spiro atoms. The first-order valence-electron chi connectivity index (χ1n) is 8.33. The van der Waals surface area contributed by atoms with Crippen LogP contribution in [0.5, 0.6) is 0 Å². The molecular weight excluding hydrogens is 348 g/mol. The molecule has 0 amide bonds. The minimum atomic E-state index is -3.47. The molecule has 1 heterocycles. The van der Waals surface area contributed by atoms with E-state index in [1.807, 2.05) is 6.07 Å². The van der Waals surface area contributed by atoms with Gasteiger partial charge in [-0.2, -0.15) is 9.57 Å². The highest BCUT2D eigenvalue weighted by Gasteiger charge is 2.26. The van der Waals surface area contributed by atoms with Crippen LogP contribution < -0.4 is 0 Å². The van der Waals surface area contributed by atoms with E-state index < -0.39 is 10.0 Å². The number of carbonyl (C=O) groups excluding carboxylic acids is 1.